The second-order valence-corrected chi connectivity index (χ2v) is 6.82. The van der Waals surface area contributed by atoms with Crippen molar-refractivity contribution < 1.29 is 14.5 Å². The summed E-state index contributed by atoms with van der Waals surface area (Å²) in [6.45, 7) is 7.42. The predicted molar refractivity (Wildman–Crippen MR) is 110 cm³/mol. The van der Waals surface area contributed by atoms with E-state index in [0.29, 0.717) is 0 Å². The minimum absolute atomic E-state index is 0.0761. The number of quaternary nitrogens is 1. The lowest BCUT2D eigenvalue weighted by molar-refractivity contribution is -0.883. The van der Waals surface area contributed by atoms with Crippen molar-refractivity contribution in [2.75, 3.05) is 30.3 Å². The summed E-state index contributed by atoms with van der Waals surface area (Å²) >= 11 is 0. The Morgan fingerprint density at radius 1 is 0.889 bits per heavy atom. The highest BCUT2D eigenvalue weighted by Crippen LogP contribution is 2.12. The third-order valence-corrected chi connectivity index (χ3v) is 4.49. The molecule has 1 unspecified atom stereocenters. The number of aryl methyl sites for hydroxylation is 2. The largest absolute Gasteiger partial charge is 0.321 e. The first-order valence-electron chi connectivity index (χ1n) is 9.59. The molecule has 2 aromatic carbocycles. The Kier molecular flexibility index (Phi) is 8.01. The van der Waals surface area contributed by atoms with E-state index in [9.17, 15) is 9.59 Å². The molecule has 1 atom stereocenters. The molecular formula is C22H30N3O2+. The number of rotatable bonds is 9. The summed E-state index contributed by atoms with van der Waals surface area (Å²) in [5, 5.41) is 5.87. The van der Waals surface area contributed by atoms with Gasteiger partial charge in [-0.2, -0.15) is 0 Å². The Morgan fingerprint density at radius 3 is 2.11 bits per heavy atom. The summed E-state index contributed by atoms with van der Waals surface area (Å²) < 4.78 is 0. The molecule has 5 heteroatoms. The Balaban J connectivity index is 1.90. The monoisotopic (exact) mass is 368 g/mol. The highest BCUT2D eigenvalue weighted by Gasteiger charge is 2.18. The smallest absolute Gasteiger partial charge is 0.279 e. The van der Waals surface area contributed by atoms with E-state index in [1.54, 1.807) is 0 Å². The van der Waals surface area contributed by atoms with E-state index in [1.165, 1.54) is 5.56 Å². The SMILES string of the molecule is CCC[NH+](CC(=O)Nc1ccc(CC)cc1)CC(=O)Nc1ccccc1C. The van der Waals surface area contributed by atoms with Gasteiger partial charge >= 0.3 is 0 Å². The second kappa shape index (κ2) is 10.5. The third-order valence-electron chi connectivity index (χ3n) is 4.49. The molecule has 0 fully saturated rings. The first-order chi connectivity index (χ1) is 13.0. The lowest BCUT2D eigenvalue weighted by atomic mass is 10.1. The zero-order chi connectivity index (χ0) is 19.6. The first-order valence-corrected chi connectivity index (χ1v) is 9.59. The van der Waals surface area contributed by atoms with Gasteiger partial charge in [0.2, 0.25) is 0 Å². The van der Waals surface area contributed by atoms with Crippen LogP contribution in [0, 0.1) is 6.92 Å². The number of nitrogens with one attached hydrogen (secondary N) is 3. The van der Waals surface area contributed by atoms with Gasteiger partial charge in [0.25, 0.3) is 11.8 Å². The first kappa shape index (κ1) is 20.6. The minimum atomic E-state index is -0.0774. The minimum Gasteiger partial charge on any atom is -0.321 e. The summed E-state index contributed by atoms with van der Waals surface area (Å²) in [5.41, 5.74) is 3.87. The van der Waals surface area contributed by atoms with Crippen LogP contribution in [0.3, 0.4) is 0 Å². The maximum atomic E-state index is 12.4. The highest BCUT2D eigenvalue weighted by atomic mass is 16.2. The number of anilines is 2. The molecule has 144 valence electrons. The zero-order valence-corrected chi connectivity index (χ0v) is 16.5. The predicted octanol–water partition coefficient (Wildman–Crippen LogP) is 2.43. The van der Waals surface area contributed by atoms with E-state index >= 15 is 0 Å². The van der Waals surface area contributed by atoms with Crippen LogP contribution in [-0.2, 0) is 16.0 Å². The van der Waals surface area contributed by atoms with Crippen LogP contribution in [0.25, 0.3) is 0 Å². The van der Waals surface area contributed by atoms with Gasteiger partial charge in [-0.15, -0.1) is 0 Å². The molecule has 5 nitrogen and oxygen atoms in total. The normalized spacial score (nSPS) is 11.7. The fourth-order valence-corrected chi connectivity index (χ4v) is 2.98. The topological polar surface area (TPSA) is 62.6 Å². The molecule has 2 amide bonds. The number of amides is 2. The van der Waals surface area contributed by atoms with E-state index in [1.807, 2.05) is 55.5 Å². The maximum absolute atomic E-state index is 12.4. The van der Waals surface area contributed by atoms with Gasteiger partial charge in [-0.05, 0) is 49.1 Å². The van der Waals surface area contributed by atoms with Crippen molar-refractivity contribution in [1.29, 1.82) is 0 Å². The Morgan fingerprint density at radius 2 is 1.52 bits per heavy atom. The Hall–Kier alpha value is -2.66. The van der Waals surface area contributed by atoms with Crippen molar-refractivity contribution in [2.24, 2.45) is 0 Å². The van der Waals surface area contributed by atoms with Gasteiger partial charge in [0, 0.05) is 11.4 Å². The lowest BCUT2D eigenvalue weighted by Gasteiger charge is -2.18. The Bertz CT molecular complexity index is 756. The molecule has 0 aromatic heterocycles. The summed E-state index contributed by atoms with van der Waals surface area (Å²) in [6, 6.07) is 15.6. The molecule has 0 spiro atoms. The van der Waals surface area contributed by atoms with Gasteiger partial charge in [0.05, 0.1) is 6.54 Å². The zero-order valence-electron chi connectivity index (χ0n) is 16.5. The number of carbonyl (C=O) groups excluding carboxylic acids is 2. The van der Waals surface area contributed by atoms with Crippen molar-refractivity contribution >= 4 is 23.2 Å². The van der Waals surface area contributed by atoms with E-state index in [4.69, 9.17) is 0 Å². The highest BCUT2D eigenvalue weighted by molar-refractivity contribution is 5.93. The average Bonchev–Trinajstić information content (AvgIpc) is 2.64. The fourth-order valence-electron chi connectivity index (χ4n) is 2.98. The van der Waals surface area contributed by atoms with Gasteiger partial charge in [0.1, 0.15) is 0 Å². The van der Waals surface area contributed by atoms with Gasteiger partial charge in [-0.25, -0.2) is 0 Å². The number of benzene rings is 2. The van der Waals surface area contributed by atoms with Crippen LogP contribution in [0.2, 0.25) is 0 Å². The van der Waals surface area contributed by atoms with Gasteiger partial charge in [-0.3, -0.25) is 9.59 Å². The number of hydrogen-bond acceptors (Lipinski definition) is 2. The maximum Gasteiger partial charge on any atom is 0.279 e. The molecule has 0 aliphatic carbocycles. The van der Waals surface area contributed by atoms with Crippen LogP contribution in [0.15, 0.2) is 48.5 Å². The number of para-hydroxylation sites is 1. The molecule has 0 saturated carbocycles. The van der Waals surface area contributed by atoms with Crippen LogP contribution in [0.4, 0.5) is 11.4 Å². The van der Waals surface area contributed by atoms with Crippen molar-refractivity contribution in [1.82, 2.24) is 0 Å². The molecule has 2 rings (SSSR count). The van der Waals surface area contributed by atoms with Crippen LogP contribution in [0.1, 0.15) is 31.4 Å². The summed E-state index contributed by atoms with van der Waals surface area (Å²) in [6.07, 6.45) is 1.88. The molecule has 0 aliphatic rings. The van der Waals surface area contributed by atoms with E-state index in [2.05, 4.69) is 24.5 Å². The summed E-state index contributed by atoms with van der Waals surface area (Å²) in [7, 11) is 0. The molecule has 0 radical (unpaired) electrons. The molecule has 0 aliphatic heterocycles. The number of carbonyl (C=O) groups is 2. The molecule has 27 heavy (non-hydrogen) atoms. The lowest BCUT2D eigenvalue weighted by Crippen LogP contribution is -3.14. The van der Waals surface area contributed by atoms with Crippen molar-refractivity contribution in [3.8, 4) is 0 Å². The van der Waals surface area contributed by atoms with Gasteiger partial charge in [-0.1, -0.05) is 44.2 Å². The summed E-state index contributed by atoms with van der Waals surface area (Å²) in [4.78, 5) is 25.7. The Labute approximate surface area is 161 Å². The van der Waals surface area contributed by atoms with Crippen molar-refractivity contribution in [3.63, 3.8) is 0 Å². The van der Waals surface area contributed by atoms with Gasteiger partial charge in [0.15, 0.2) is 13.1 Å². The molecule has 0 heterocycles. The molecule has 0 bridgehead atoms. The van der Waals surface area contributed by atoms with Crippen LogP contribution in [-0.4, -0.2) is 31.4 Å². The molecule has 0 saturated heterocycles. The van der Waals surface area contributed by atoms with Crippen LogP contribution >= 0.6 is 0 Å². The van der Waals surface area contributed by atoms with E-state index in [0.717, 1.165) is 41.2 Å². The van der Waals surface area contributed by atoms with Crippen LogP contribution in [0.5, 0.6) is 0 Å². The van der Waals surface area contributed by atoms with E-state index < -0.39 is 0 Å². The molecular weight excluding hydrogens is 338 g/mol. The van der Waals surface area contributed by atoms with Crippen molar-refractivity contribution in [2.45, 2.75) is 33.6 Å². The van der Waals surface area contributed by atoms with Crippen LogP contribution < -0.4 is 15.5 Å². The molecule has 3 N–H and O–H groups in total. The number of hydrogen-bond donors (Lipinski definition) is 3. The second-order valence-electron chi connectivity index (χ2n) is 6.82. The van der Waals surface area contributed by atoms with Gasteiger partial charge < -0.3 is 15.5 Å². The van der Waals surface area contributed by atoms with Crippen molar-refractivity contribution in [3.05, 3.63) is 59.7 Å². The third kappa shape index (κ3) is 6.87. The quantitative estimate of drug-likeness (QED) is 0.637. The average molecular weight is 369 g/mol. The summed E-state index contributed by atoms with van der Waals surface area (Å²) in [5.74, 6) is -0.153. The standard InChI is InChI=1S/C22H29N3O2/c1-4-14-25(16-22(27)24-20-9-7-6-8-17(20)3)15-21(26)23-19-12-10-18(5-2)11-13-19/h6-13H,4-5,14-16H2,1-3H3,(H,23,26)(H,24,27)/p+1. The van der Waals surface area contributed by atoms with E-state index in [-0.39, 0.29) is 24.9 Å². The fraction of sp³-hybridized carbons (Fsp3) is 0.364. The molecule has 2 aromatic rings.